The summed E-state index contributed by atoms with van der Waals surface area (Å²) in [6, 6.07) is -1.07. The zero-order valence-electron chi connectivity index (χ0n) is 6.37. The number of rotatable bonds is 3. The molecule has 0 aromatic carbocycles. The van der Waals surface area contributed by atoms with E-state index in [9.17, 15) is 16.8 Å². The Hall–Kier alpha value is -0.220. The summed E-state index contributed by atoms with van der Waals surface area (Å²) in [6.07, 6.45) is 0. The third kappa shape index (κ3) is 3.03. The summed E-state index contributed by atoms with van der Waals surface area (Å²) in [5.41, 5.74) is 0. The molecule has 0 atom stereocenters. The van der Waals surface area contributed by atoms with Crippen LogP contribution in [0.1, 0.15) is 13.8 Å². The van der Waals surface area contributed by atoms with E-state index in [1.807, 2.05) is 0 Å². The molecule has 0 aliphatic carbocycles. The average Bonchev–Trinajstić information content (AvgIpc) is 1.49. The normalized spacial score (nSPS) is 14.2. The maximum absolute atomic E-state index is 10.4. The fraction of sp³-hybridized carbons (Fsp3) is 1.00. The molecule has 0 heterocycles. The highest BCUT2D eigenvalue weighted by Gasteiger charge is 2.33. The molecule has 74 valence electrons. The lowest BCUT2D eigenvalue weighted by Crippen LogP contribution is -2.40. The summed E-state index contributed by atoms with van der Waals surface area (Å²) in [7, 11) is -9.85. The van der Waals surface area contributed by atoms with Gasteiger partial charge >= 0.3 is 20.6 Å². The highest BCUT2D eigenvalue weighted by molar-refractivity contribution is 7.98. The van der Waals surface area contributed by atoms with Crippen molar-refractivity contribution in [3.05, 3.63) is 0 Å². The molecule has 0 fully saturated rings. The third-order valence-corrected chi connectivity index (χ3v) is 3.76. The van der Waals surface area contributed by atoms with E-state index in [4.69, 9.17) is 9.11 Å². The lowest BCUT2D eigenvalue weighted by atomic mass is 10.4. The van der Waals surface area contributed by atoms with Gasteiger partial charge in [-0.15, -0.1) is 0 Å². The molecule has 0 spiro atoms. The summed E-state index contributed by atoms with van der Waals surface area (Å²) in [4.78, 5) is 0. The first kappa shape index (κ1) is 11.8. The van der Waals surface area contributed by atoms with Gasteiger partial charge < -0.3 is 0 Å². The van der Waals surface area contributed by atoms with Crippen LogP contribution in [0.5, 0.6) is 0 Å². The molecule has 0 bridgehead atoms. The van der Waals surface area contributed by atoms with E-state index < -0.39 is 30.4 Å². The van der Waals surface area contributed by atoms with Crippen LogP contribution in [0.4, 0.5) is 0 Å². The summed E-state index contributed by atoms with van der Waals surface area (Å²) >= 11 is 0. The zero-order valence-corrected chi connectivity index (χ0v) is 8.00. The van der Waals surface area contributed by atoms with E-state index in [2.05, 4.69) is 0 Å². The Balaban J connectivity index is 5.26. The standard InChI is InChI=1S/C3H9NO6S2/c1-3(2)4(11(5,6)7)12(8,9)10/h3H,1-2H3,(H,5,6,7)(H,8,9,10). The molecule has 0 aliphatic rings. The van der Waals surface area contributed by atoms with Crippen molar-refractivity contribution in [2.24, 2.45) is 0 Å². The van der Waals surface area contributed by atoms with Crippen LogP contribution in [0.15, 0.2) is 0 Å². The first-order valence-corrected chi connectivity index (χ1v) is 5.60. The molecule has 0 aliphatic heterocycles. The molecule has 0 aromatic heterocycles. The molecule has 0 saturated carbocycles. The van der Waals surface area contributed by atoms with Gasteiger partial charge in [-0.3, -0.25) is 9.11 Å². The van der Waals surface area contributed by atoms with Crippen LogP contribution in [0, 0.1) is 0 Å². The molecular formula is C3H9NO6S2. The van der Waals surface area contributed by atoms with Gasteiger partial charge in [-0.25, -0.2) is 0 Å². The van der Waals surface area contributed by atoms with Crippen molar-refractivity contribution in [2.75, 3.05) is 0 Å². The van der Waals surface area contributed by atoms with Gasteiger partial charge in [-0.05, 0) is 17.6 Å². The van der Waals surface area contributed by atoms with Crippen molar-refractivity contribution < 1.29 is 25.9 Å². The van der Waals surface area contributed by atoms with Gasteiger partial charge in [0, 0.05) is 6.04 Å². The minimum Gasteiger partial charge on any atom is -0.273 e. The van der Waals surface area contributed by atoms with Gasteiger partial charge in [-0.1, -0.05) is 0 Å². The lowest BCUT2D eigenvalue weighted by Gasteiger charge is -2.17. The first-order chi connectivity index (χ1) is 5.07. The van der Waals surface area contributed by atoms with Crippen LogP contribution in [0.2, 0.25) is 0 Å². The molecule has 7 nitrogen and oxygen atoms in total. The maximum Gasteiger partial charge on any atom is 0.351 e. The Morgan fingerprint density at radius 1 is 1.00 bits per heavy atom. The molecular weight excluding hydrogens is 210 g/mol. The predicted molar refractivity (Wildman–Crippen MR) is 40.1 cm³/mol. The second-order valence-electron chi connectivity index (χ2n) is 2.27. The maximum atomic E-state index is 10.4. The van der Waals surface area contributed by atoms with E-state index in [-0.39, 0.29) is 0 Å². The third-order valence-electron chi connectivity index (χ3n) is 0.876. The van der Waals surface area contributed by atoms with Gasteiger partial charge in [0.25, 0.3) is 0 Å². The molecule has 0 amide bonds. The van der Waals surface area contributed by atoms with E-state index in [0.717, 1.165) is 0 Å². The molecule has 0 aromatic rings. The highest BCUT2D eigenvalue weighted by Crippen LogP contribution is 2.09. The molecule has 9 heteroatoms. The summed E-state index contributed by atoms with van der Waals surface area (Å²) < 4.78 is 57.7. The van der Waals surface area contributed by atoms with Crippen molar-refractivity contribution in [2.45, 2.75) is 19.9 Å². The summed E-state index contributed by atoms with van der Waals surface area (Å²) in [5.74, 6) is 0. The molecule has 2 N–H and O–H groups in total. The van der Waals surface area contributed by atoms with Crippen molar-refractivity contribution in [1.29, 1.82) is 0 Å². The second kappa shape index (κ2) is 3.26. The Morgan fingerprint density at radius 3 is 1.25 bits per heavy atom. The average molecular weight is 219 g/mol. The van der Waals surface area contributed by atoms with Crippen molar-refractivity contribution in [3.63, 3.8) is 0 Å². The van der Waals surface area contributed by atoms with Gasteiger partial charge in [-0.2, -0.15) is 16.8 Å². The fourth-order valence-corrected chi connectivity index (χ4v) is 2.67. The molecule has 0 unspecified atom stereocenters. The molecule has 0 radical (unpaired) electrons. The van der Waals surface area contributed by atoms with Gasteiger partial charge in [0.2, 0.25) is 0 Å². The summed E-state index contributed by atoms with van der Waals surface area (Å²) in [5, 5.41) is 0. The number of nitrogens with zero attached hydrogens (tertiary/aromatic N) is 1. The van der Waals surface area contributed by atoms with Crippen LogP contribution >= 0.6 is 0 Å². The minimum atomic E-state index is -4.93. The zero-order chi connectivity index (χ0) is 10.2. The Labute approximate surface area is 70.8 Å². The monoisotopic (exact) mass is 219 g/mol. The second-order valence-corrected chi connectivity index (χ2v) is 5.08. The van der Waals surface area contributed by atoms with Crippen molar-refractivity contribution >= 4 is 20.6 Å². The Morgan fingerprint density at radius 2 is 1.25 bits per heavy atom. The fourth-order valence-electron chi connectivity index (χ4n) is 0.652. The first-order valence-electron chi connectivity index (χ1n) is 2.81. The van der Waals surface area contributed by atoms with Crippen LogP contribution < -0.4 is 0 Å². The van der Waals surface area contributed by atoms with Crippen LogP contribution in [0.3, 0.4) is 0 Å². The molecule has 0 saturated heterocycles. The van der Waals surface area contributed by atoms with E-state index in [0.29, 0.717) is 0 Å². The molecule has 12 heavy (non-hydrogen) atoms. The van der Waals surface area contributed by atoms with Gasteiger partial charge in [0.15, 0.2) is 0 Å². The number of hydrogen-bond donors (Lipinski definition) is 2. The Kier molecular flexibility index (Phi) is 3.20. The van der Waals surface area contributed by atoms with Gasteiger partial charge in [0.05, 0.1) is 0 Å². The van der Waals surface area contributed by atoms with E-state index in [1.54, 1.807) is 0 Å². The highest BCUT2D eigenvalue weighted by atomic mass is 32.3. The van der Waals surface area contributed by atoms with E-state index in [1.165, 1.54) is 13.8 Å². The molecule has 0 rings (SSSR count). The number of hydrogen-bond acceptors (Lipinski definition) is 4. The van der Waals surface area contributed by atoms with Crippen LogP contribution in [0.25, 0.3) is 0 Å². The summed E-state index contributed by atoms with van der Waals surface area (Å²) in [6.45, 7) is 2.36. The Bertz CT molecular complexity index is 307. The smallest absolute Gasteiger partial charge is 0.273 e. The topological polar surface area (TPSA) is 112 Å². The van der Waals surface area contributed by atoms with Crippen molar-refractivity contribution in [1.82, 2.24) is 3.71 Å². The minimum absolute atomic E-state index is 0.403. The van der Waals surface area contributed by atoms with Gasteiger partial charge in [0.1, 0.15) is 0 Å². The quantitative estimate of drug-likeness (QED) is 0.607. The van der Waals surface area contributed by atoms with E-state index >= 15 is 0 Å². The van der Waals surface area contributed by atoms with Crippen LogP contribution in [-0.4, -0.2) is 35.7 Å². The van der Waals surface area contributed by atoms with Crippen LogP contribution in [-0.2, 0) is 20.6 Å². The SMILES string of the molecule is CC(C)N(S(=O)(=O)O)S(=O)(=O)O. The predicted octanol–water partition coefficient (Wildman–Crippen LogP) is -0.698. The lowest BCUT2D eigenvalue weighted by molar-refractivity contribution is 0.358. The van der Waals surface area contributed by atoms with Crippen molar-refractivity contribution in [3.8, 4) is 0 Å². The largest absolute Gasteiger partial charge is 0.351 e.